The molecular formula is C21H20BrN3O2S. The highest BCUT2D eigenvalue weighted by Gasteiger charge is 2.09. The number of nitrogens with one attached hydrogen (secondary N) is 2. The van der Waals surface area contributed by atoms with Crippen molar-refractivity contribution in [2.45, 2.75) is 19.8 Å². The summed E-state index contributed by atoms with van der Waals surface area (Å²) in [6.07, 6.45) is 2.75. The molecule has 144 valence electrons. The lowest BCUT2D eigenvalue weighted by Crippen LogP contribution is -2.27. The third-order valence-corrected chi connectivity index (χ3v) is 5.88. The van der Waals surface area contributed by atoms with E-state index in [0.29, 0.717) is 10.7 Å². The molecule has 0 unspecified atom stereocenters. The van der Waals surface area contributed by atoms with Crippen LogP contribution in [0, 0.1) is 6.92 Å². The Balaban J connectivity index is 1.46. The number of hydrogen-bond donors (Lipinski definition) is 2. The minimum absolute atomic E-state index is 0.172. The molecule has 1 heterocycles. The molecule has 0 fully saturated rings. The molecule has 0 atom stereocenters. The fourth-order valence-electron chi connectivity index (χ4n) is 2.63. The fourth-order valence-corrected chi connectivity index (χ4v) is 3.74. The van der Waals surface area contributed by atoms with Crippen molar-refractivity contribution < 1.29 is 9.59 Å². The molecule has 0 bridgehead atoms. The van der Waals surface area contributed by atoms with Crippen molar-refractivity contribution >= 4 is 44.2 Å². The van der Waals surface area contributed by atoms with Crippen molar-refractivity contribution in [2.24, 2.45) is 0 Å². The van der Waals surface area contributed by atoms with Gasteiger partial charge in [-0.15, -0.1) is 11.3 Å². The summed E-state index contributed by atoms with van der Waals surface area (Å²) >= 11 is 4.97. The van der Waals surface area contributed by atoms with Gasteiger partial charge in [0.15, 0.2) is 5.13 Å². The monoisotopic (exact) mass is 457 g/mol. The first-order valence-electron chi connectivity index (χ1n) is 8.84. The number of nitrogens with zero attached hydrogens (tertiary/aromatic N) is 1. The van der Waals surface area contributed by atoms with E-state index in [-0.39, 0.29) is 24.8 Å². The zero-order valence-electron chi connectivity index (χ0n) is 15.4. The fraction of sp³-hybridized carbons (Fsp3) is 0.190. The Labute approximate surface area is 176 Å². The van der Waals surface area contributed by atoms with Crippen LogP contribution in [0.5, 0.6) is 0 Å². The summed E-state index contributed by atoms with van der Waals surface area (Å²) in [6.45, 7) is 2.33. The molecule has 3 rings (SSSR count). The topological polar surface area (TPSA) is 71.1 Å². The van der Waals surface area contributed by atoms with Crippen molar-refractivity contribution in [3.05, 3.63) is 80.8 Å². The maximum absolute atomic E-state index is 12.1. The van der Waals surface area contributed by atoms with Crippen LogP contribution in [-0.2, 0) is 11.2 Å². The number of amides is 2. The largest absolute Gasteiger partial charge is 0.352 e. The van der Waals surface area contributed by atoms with E-state index in [1.165, 1.54) is 22.5 Å². The number of anilines is 1. The predicted octanol–water partition coefficient (Wildman–Crippen LogP) is 4.56. The Hall–Kier alpha value is -2.51. The first kappa shape index (κ1) is 20.2. The number of rotatable bonds is 7. The van der Waals surface area contributed by atoms with Gasteiger partial charge in [-0.3, -0.25) is 9.59 Å². The molecule has 0 saturated carbocycles. The third kappa shape index (κ3) is 5.74. The Kier molecular flexibility index (Phi) is 6.95. The Morgan fingerprint density at radius 3 is 2.68 bits per heavy atom. The zero-order chi connectivity index (χ0) is 19.9. The number of thiazole rings is 1. The Morgan fingerprint density at radius 1 is 1.14 bits per heavy atom. The van der Waals surface area contributed by atoms with Crippen LogP contribution in [0.25, 0.3) is 0 Å². The highest BCUT2D eigenvalue weighted by Crippen LogP contribution is 2.23. The van der Waals surface area contributed by atoms with Crippen molar-refractivity contribution in [1.82, 2.24) is 10.3 Å². The van der Waals surface area contributed by atoms with Gasteiger partial charge < -0.3 is 10.6 Å². The quantitative estimate of drug-likeness (QED) is 0.545. The third-order valence-electron chi connectivity index (χ3n) is 4.07. The summed E-state index contributed by atoms with van der Waals surface area (Å²) in [5, 5.41) is 6.11. The summed E-state index contributed by atoms with van der Waals surface area (Å²) < 4.78 is 1.09. The van der Waals surface area contributed by atoms with E-state index in [1.807, 2.05) is 12.1 Å². The van der Waals surface area contributed by atoms with Crippen LogP contribution in [-0.4, -0.2) is 23.3 Å². The lowest BCUT2D eigenvalue weighted by molar-refractivity contribution is -0.116. The number of aryl methyl sites for hydroxylation is 1. The lowest BCUT2D eigenvalue weighted by Gasteiger charge is -2.05. The molecule has 0 aliphatic carbocycles. The molecule has 5 nitrogen and oxygen atoms in total. The summed E-state index contributed by atoms with van der Waals surface area (Å²) in [6, 6.07) is 15.2. The summed E-state index contributed by atoms with van der Waals surface area (Å²) in [5.41, 5.74) is 2.97. The van der Waals surface area contributed by atoms with E-state index in [0.717, 1.165) is 15.8 Å². The van der Waals surface area contributed by atoms with Crippen LogP contribution >= 0.6 is 27.3 Å². The van der Waals surface area contributed by atoms with E-state index in [2.05, 4.69) is 50.6 Å². The van der Waals surface area contributed by atoms with E-state index >= 15 is 0 Å². The zero-order valence-corrected chi connectivity index (χ0v) is 17.8. The van der Waals surface area contributed by atoms with Gasteiger partial charge in [-0.05, 0) is 36.2 Å². The molecule has 0 radical (unpaired) electrons. The first-order valence-corrected chi connectivity index (χ1v) is 10.4. The van der Waals surface area contributed by atoms with Crippen LogP contribution in [0.4, 0.5) is 5.13 Å². The van der Waals surface area contributed by atoms with Gasteiger partial charge in [-0.25, -0.2) is 4.98 Å². The second kappa shape index (κ2) is 9.61. The minimum Gasteiger partial charge on any atom is -0.352 e. The second-order valence-corrected chi connectivity index (χ2v) is 8.28. The maximum atomic E-state index is 12.1. The summed E-state index contributed by atoms with van der Waals surface area (Å²) in [7, 11) is 0. The minimum atomic E-state index is -0.185. The van der Waals surface area contributed by atoms with Crippen LogP contribution in [0.15, 0.2) is 59.2 Å². The maximum Gasteiger partial charge on any atom is 0.251 e. The van der Waals surface area contributed by atoms with Crippen molar-refractivity contribution in [3.63, 3.8) is 0 Å². The molecule has 0 aliphatic heterocycles. The van der Waals surface area contributed by atoms with E-state index in [4.69, 9.17) is 0 Å². The van der Waals surface area contributed by atoms with Gasteiger partial charge in [-0.2, -0.15) is 0 Å². The van der Waals surface area contributed by atoms with Crippen molar-refractivity contribution in [2.75, 3.05) is 11.9 Å². The molecule has 7 heteroatoms. The number of hydrogen-bond acceptors (Lipinski definition) is 4. The van der Waals surface area contributed by atoms with Gasteiger partial charge in [0.25, 0.3) is 5.91 Å². The van der Waals surface area contributed by atoms with Crippen LogP contribution in [0.1, 0.15) is 32.8 Å². The molecule has 2 N–H and O–H groups in total. The normalized spacial score (nSPS) is 10.5. The molecule has 0 saturated heterocycles. The van der Waals surface area contributed by atoms with Gasteiger partial charge in [0.05, 0.1) is 0 Å². The molecule has 2 amide bonds. The Morgan fingerprint density at radius 2 is 1.93 bits per heavy atom. The van der Waals surface area contributed by atoms with Crippen LogP contribution < -0.4 is 10.6 Å². The number of carbonyl (C=O) groups excluding carboxylic acids is 2. The second-order valence-electron chi connectivity index (χ2n) is 6.31. The predicted molar refractivity (Wildman–Crippen MR) is 116 cm³/mol. The van der Waals surface area contributed by atoms with Gasteiger partial charge in [0.2, 0.25) is 5.91 Å². The number of carbonyl (C=O) groups is 2. The van der Waals surface area contributed by atoms with E-state index in [1.54, 1.807) is 30.5 Å². The average molecular weight is 458 g/mol. The summed E-state index contributed by atoms with van der Waals surface area (Å²) in [5.74, 6) is -0.358. The van der Waals surface area contributed by atoms with Gasteiger partial charge in [0, 0.05) is 40.5 Å². The van der Waals surface area contributed by atoms with Gasteiger partial charge in [-0.1, -0.05) is 46.3 Å². The van der Waals surface area contributed by atoms with E-state index < -0.39 is 0 Å². The SMILES string of the molecule is Cc1cc(Cc2cnc(NC(=O)CCNC(=O)c3ccccc3)s2)ccc1Br. The highest BCUT2D eigenvalue weighted by atomic mass is 79.9. The molecule has 28 heavy (non-hydrogen) atoms. The van der Waals surface area contributed by atoms with Crippen molar-refractivity contribution in [3.8, 4) is 0 Å². The summed E-state index contributed by atoms with van der Waals surface area (Å²) in [4.78, 5) is 29.4. The lowest BCUT2D eigenvalue weighted by atomic mass is 10.1. The first-order chi connectivity index (χ1) is 13.5. The van der Waals surface area contributed by atoms with Crippen LogP contribution in [0.2, 0.25) is 0 Å². The van der Waals surface area contributed by atoms with E-state index in [9.17, 15) is 9.59 Å². The van der Waals surface area contributed by atoms with Gasteiger partial charge in [0.1, 0.15) is 0 Å². The smallest absolute Gasteiger partial charge is 0.251 e. The highest BCUT2D eigenvalue weighted by molar-refractivity contribution is 9.10. The molecule has 1 aromatic heterocycles. The van der Waals surface area contributed by atoms with Gasteiger partial charge >= 0.3 is 0 Å². The molecule has 3 aromatic rings. The molecule has 2 aromatic carbocycles. The number of halogens is 1. The van der Waals surface area contributed by atoms with Crippen molar-refractivity contribution in [1.29, 1.82) is 0 Å². The molecular weight excluding hydrogens is 438 g/mol. The average Bonchev–Trinajstić information content (AvgIpc) is 3.12. The Bertz CT molecular complexity index is 973. The molecule has 0 aliphatic rings. The number of aromatic nitrogens is 1. The number of benzene rings is 2. The van der Waals surface area contributed by atoms with Crippen LogP contribution in [0.3, 0.4) is 0 Å². The molecule has 0 spiro atoms. The standard InChI is InChI=1S/C21H20BrN3O2S/c1-14-11-15(7-8-18(14)22)12-17-13-24-21(28-17)25-19(26)9-10-23-20(27)16-5-3-2-4-6-16/h2-8,11,13H,9-10,12H2,1H3,(H,23,27)(H,24,25,26).